The Hall–Kier alpha value is -2.28. The lowest BCUT2D eigenvalue weighted by Crippen LogP contribution is -2.03. The molecular formula is C12H14N2O4S. The molecule has 0 aliphatic rings. The quantitative estimate of drug-likeness (QED) is 0.377. The molecule has 0 unspecified atom stereocenters. The SMILES string of the molecule is N=C(N)SCc1ccccc1.O=C(O)/C=C/C(=O)O. The molecule has 0 saturated heterocycles. The van der Waals surface area contributed by atoms with Gasteiger partial charge in [-0.05, 0) is 5.56 Å². The predicted octanol–water partition coefficient (Wildman–Crippen LogP) is 1.53. The molecule has 1 aromatic rings. The van der Waals surface area contributed by atoms with Crippen molar-refractivity contribution in [3.8, 4) is 0 Å². The third-order valence-electron chi connectivity index (χ3n) is 1.61. The summed E-state index contributed by atoms with van der Waals surface area (Å²) in [5, 5.41) is 22.8. The molecule has 0 aliphatic heterocycles. The van der Waals surface area contributed by atoms with Crippen LogP contribution in [0.3, 0.4) is 0 Å². The Labute approximate surface area is 114 Å². The molecule has 0 spiro atoms. The van der Waals surface area contributed by atoms with Crippen LogP contribution >= 0.6 is 11.8 Å². The zero-order valence-electron chi connectivity index (χ0n) is 9.95. The summed E-state index contributed by atoms with van der Waals surface area (Å²) in [6.45, 7) is 0. The first-order valence-corrected chi connectivity index (χ1v) is 6.05. The van der Waals surface area contributed by atoms with Crippen LogP contribution in [0.1, 0.15) is 5.56 Å². The second-order valence-electron chi connectivity index (χ2n) is 3.15. The third-order valence-corrected chi connectivity index (χ3v) is 2.39. The number of thioether (sulfide) groups is 1. The number of nitrogens with one attached hydrogen (secondary N) is 1. The lowest BCUT2D eigenvalue weighted by Gasteiger charge is -1.97. The maximum Gasteiger partial charge on any atom is 0.328 e. The molecule has 0 bridgehead atoms. The van der Waals surface area contributed by atoms with Crippen LogP contribution in [0.15, 0.2) is 42.5 Å². The summed E-state index contributed by atoms with van der Waals surface area (Å²) in [5.74, 6) is -1.73. The fraction of sp³-hybridized carbons (Fsp3) is 0.0833. The molecule has 5 N–H and O–H groups in total. The highest BCUT2D eigenvalue weighted by molar-refractivity contribution is 8.13. The van der Waals surface area contributed by atoms with Crippen LogP contribution < -0.4 is 5.73 Å². The van der Waals surface area contributed by atoms with Crippen molar-refractivity contribution in [3.05, 3.63) is 48.0 Å². The summed E-state index contributed by atoms with van der Waals surface area (Å²) in [5.41, 5.74) is 6.39. The van der Waals surface area contributed by atoms with Crippen molar-refractivity contribution in [1.82, 2.24) is 0 Å². The van der Waals surface area contributed by atoms with E-state index in [-0.39, 0.29) is 5.17 Å². The number of aliphatic carboxylic acids is 2. The number of hydrogen-bond donors (Lipinski definition) is 4. The number of benzene rings is 1. The zero-order chi connectivity index (χ0) is 14.7. The summed E-state index contributed by atoms with van der Waals surface area (Å²) in [4.78, 5) is 19.1. The van der Waals surface area contributed by atoms with Gasteiger partial charge in [0, 0.05) is 17.9 Å². The Bertz CT molecular complexity index is 444. The fourth-order valence-electron chi connectivity index (χ4n) is 0.878. The number of carboxylic acid groups (broad SMARTS) is 2. The van der Waals surface area contributed by atoms with E-state index >= 15 is 0 Å². The van der Waals surface area contributed by atoms with Crippen LogP contribution in [0.5, 0.6) is 0 Å². The van der Waals surface area contributed by atoms with Gasteiger partial charge in [0.25, 0.3) is 0 Å². The van der Waals surface area contributed by atoms with Gasteiger partial charge in [-0.3, -0.25) is 5.41 Å². The molecule has 19 heavy (non-hydrogen) atoms. The van der Waals surface area contributed by atoms with Crippen LogP contribution in [0.2, 0.25) is 0 Å². The van der Waals surface area contributed by atoms with Crippen molar-refractivity contribution in [2.75, 3.05) is 0 Å². The number of hydrogen-bond acceptors (Lipinski definition) is 4. The van der Waals surface area contributed by atoms with E-state index in [2.05, 4.69) is 0 Å². The van der Waals surface area contributed by atoms with E-state index in [0.29, 0.717) is 12.2 Å². The van der Waals surface area contributed by atoms with Crippen LogP contribution in [0.25, 0.3) is 0 Å². The van der Waals surface area contributed by atoms with Crippen molar-refractivity contribution >= 4 is 28.9 Å². The second-order valence-corrected chi connectivity index (χ2v) is 4.17. The summed E-state index contributed by atoms with van der Waals surface area (Å²) < 4.78 is 0. The first-order valence-electron chi connectivity index (χ1n) is 5.06. The molecule has 0 amide bonds. The summed E-state index contributed by atoms with van der Waals surface area (Å²) >= 11 is 1.35. The highest BCUT2D eigenvalue weighted by Gasteiger charge is 1.92. The molecule has 0 heterocycles. The molecule has 0 aromatic heterocycles. The van der Waals surface area contributed by atoms with E-state index in [9.17, 15) is 9.59 Å². The van der Waals surface area contributed by atoms with E-state index in [4.69, 9.17) is 21.4 Å². The summed E-state index contributed by atoms with van der Waals surface area (Å²) in [6, 6.07) is 9.99. The van der Waals surface area contributed by atoms with Crippen LogP contribution in [0, 0.1) is 5.41 Å². The molecule has 0 radical (unpaired) electrons. The predicted molar refractivity (Wildman–Crippen MR) is 74.1 cm³/mol. The molecule has 0 aliphatic carbocycles. The number of carboxylic acids is 2. The number of nitrogens with two attached hydrogens (primary N) is 1. The highest BCUT2D eigenvalue weighted by Crippen LogP contribution is 2.09. The number of amidine groups is 1. The topological polar surface area (TPSA) is 124 Å². The van der Waals surface area contributed by atoms with Gasteiger partial charge in [-0.25, -0.2) is 9.59 Å². The monoisotopic (exact) mass is 282 g/mol. The van der Waals surface area contributed by atoms with E-state index < -0.39 is 11.9 Å². The van der Waals surface area contributed by atoms with Crippen LogP contribution in [0.4, 0.5) is 0 Å². The maximum atomic E-state index is 9.55. The Kier molecular flexibility index (Phi) is 8.55. The standard InChI is InChI=1S/C8H10N2S.C4H4O4/c9-8(10)11-6-7-4-2-1-3-5-7;5-3(6)1-2-4(7)8/h1-5H,6H2,(H3,9,10);1-2H,(H,5,6)(H,7,8)/b;2-1+. The molecule has 0 atom stereocenters. The lowest BCUT2D eigenvalue weighted by molar-refractivity contribution is -0.134. The minimum atomic E-state index is -1.26. The van der Waals surface area contributed by atoms with Crippen LogP contribution in [-0.2, 0) is 15.3 Å². The molecule has 0 saturated carbocycles. The van der Waals surface area contributed by atoms with Gasteiger partial charge in [0.1, 0.15) is 0 Å². The Balaban J connectivity index is 0.000000362. The van der Waals surface area contributed by atoms with Crippen molar-refractivity contribution in [2.45, 2.75) is 5.75 Å². The average Bonchev–Trinajstić information content (AvgIpc) is 2.36. The van der Waals surface area contributed by atoms with Gasteiger partial charge in [-0.1, -0.05) is 42.1 Å². The molecule has 6 nitrogen and oxygen atoms in total. The molecular weight excluding hydrogens is 268 g/mol. The largest absolute Gasteiger partial charge is 0.478 e. The Morgan fingerprint density at radius 2 is 1.63 bits per heavy atom. The third kappa shape index (κ3) is 12.0. The molecule has 7 heteroatoms. The first kappa shape index (κ1) is 16.7. The molecule has 0 fully saturated rings. The van der Waals surface area contributed by atoms with Gasteiger partial charge in [0.05, 0.1) is 0 Å². The molecule has 1 rings (SSSR count). The fourth-order valence-corrected chi connectivity index (χ4v) is 1.39. The van der Waals surface area contributed by atoms with Crippen molar-refractivity contribution in [3.63, 3.8) is 0 Å². The van der Waals surface area contributed by atoms with Gasteiger partial charge < -0.3 is 15.9 Å². The smallest absolute Gasteiger partial charge is 0.328 e. The first-order chi connectivity index (χ1) is 8.91. The van der Waals surface area contributed by atoms with Crippen molar-refractivity contribution < 1.29 is 19.8 Å². The van der Waals surface area contributed by atoms with E-state index in [0.717, 1.165) is 5.75 Å². The number of rotatable bonds is 4. The number of carbonyl (C=O) groups is 2. The molecule has 102 valence electrons. The minimum absolute atomic E-state index is 0.175. The maximum absolute atomic E-state index is 9.55. The van der Waals surface area contributed by atoms with Gasteiger partial charge >= 0.3 is 11.9 Å². The van der Waals surface area contributed by atoms with Gasteiger partial charge in [0.2, 0.25) is 0 Å². The Morgan fingerprint density at radius 3 is 2.00 bits per heavy atom. The van der Waals surface area contributed by atoms with Crippen molar-refractivity contribution in [2.24, 2.45) is 5.73 Å². The second kappa shape index (κ2) is 9.72. The van der Waals surface area contributed by atoms with E-state index in [1.807, 2.05) is 30.3 Å². The summed E-state index contributed by atoms with van der Waals surface area (Å²) in [7, 11) is 0. The van der Waals surface area contributed by atoms with Crippen LogP contribution in [-0.4, -0.2) is 27.3 Å². The normalized spacial score (nSPS) is 9.47. The zero-order valence-corrected chi connectivity index (χ0v) is 10.8. The van der Waals surface area contributed by atoms with Gasteiger partial charge in [-0.15, -0.1) is 0 Å². The Morgan fingerprint density at radius 1 is 1.16 bits per heavy atom. The lowest BCUT2D eigenvalue weighted by atomic mass is 10.2. The highest BCUT2D eigenvalue weighted by atomic mass is 32.2. The van der Waals surface area contributed by atoms with Gasteiger partial charge in [0.15, 0.2) is 5.17 Å². The van der Waals surface area contributed by atoms with Crippen molar-refractivity contribution in [1.29, 1.82) is 5.41 Å². The minimum Gasteiger partial charge on any atom is -0.478 e. The van der Waals surface area contributed by atoms with Gasteiger partial charge in [-0.2, -0.15) is 0 Å². The van der Waals surface area contributed by atoms with E-state index in [1.165, 1.54) is 17.3 Å². The molecule has 1 aromatic carbocycles. The van der Waals surface area contributed by atoms with E-state index in [1.54, 1.807) is 0 Å². The average molecular weight is 282 g/mol. The summed E-state index contributed by atoms with van der Waals surface area (Å²) in [6.07, 6.45) is 1.12.